The Morgan fingerprint density at radius 3 is 2.27 bits per heavy atom. The van der Waals surface area contributed by atoms with E-state index in [1.54, 1.807) is 0 Å². The van der Waals surface area contributed by atoms with Gasteiger partial charge in [-0.3, -0.25) is 0 Å². The molecule has 4 heteroatoms. The van der Waals surface area contributed by atoms with Crippen molar-refractivity contribution >= 4 is 15.9 Å². The van der Waals surface area contributed by atoms with Gasteiger partial charge in [0.1, 0.15) is 0 Å². The summed E-state index contributed by atoms with van der Waals surface area (Å²) in [4.78, 5) is 0. The van der Waals surface area contributed by atoms with Crippen LogP contribution in [0.3, 0.4) is 0 Å². The van der Waals surface area contributed by atoms with Crippen molar-refractivity contribution in [1.82, 2.24) is 10.2 Å². The molecule has 2 rings (SSSR count). The summed E-state index contributed by atoms with van der Waals surface area (Å²) in [6, 6.07) is 11.8. The van der Waals surface area contributed by atoms with Crippen LogP contribution in [0.5, 0.6) is 0 Å². The molecular formula is C11H10BrN3. The van der Waals surface area contributed by atoms with E-state index in [4.69, 9.17) is 5.73 Å². The van der Waals surface area contributed by atoms with Crippen LogP contribution in [0.25, 0.3) is 11.3 Å². The average Bonchev–Trinajstić information content (AvgIpc) is 2.30. The molecule has 0 saturated carbocycles. The third-order valence-electron chi connectivity index (χ3n) is 2.07. The van der Waals surface area contributed by atoms with Crippen LogP contribution in [-0.4, -0.2) is 10.2 Å². The largest absolute Gasteiger partial charge is 0.325 e. The zero-order chi connectivity index (χ0) is 10.7. The zero-order valence-electron chi connectivity index (χ0n) is 8.02. The predicted octanol–water partition coefficient (Wildman–Crippen LogP) is 2.36. The Balaban J connectivity index is 2.33. The molecule has 2 N–H and O–H groups in total. The number of nitrogens with two attached hydrogens (primary N) is 1. The van der Waals surface area contributed by atoms with Gasteiger partial charge in [0, 0.05) is 16.6 Å². The van der Waals surface area contributed by atoms with Crippen molar-refractivity contribution in [2.24, 2.45) is 5.73 Å². The number of benzene rings is 1. The molecule has 0 atom stereocenters. The second kappa shape index (κ2) is 4.51. The van der Waals surface area contributed by atoms with E-state index >= 15 is 0 Å². The van der Waals surface area contributed by atoms with Crippen molar-refractivity contribution in [2.75, 3.05) is 0 Å². The molecule has 3 nitrogen and oxygen atoms in total. The van der Waals surface area contributed by atoms with Gasteiger partial charge in [0.05, 0.1) is 11.4 Å². The first-order valence-corrected chi connectivity index (χ1v) is 5.37. The van der Waals surface area contributed by atoms with Gasteiger partial charge in [0.25, 0.3) is 0 Å². The highest BCUT2D eigenvalue weighted by atomic mass is 79.9. The zero-order valence-corrected chi connectivity index (χ0v) is 9.61. The molecule has 15 heavy (non-hydrogen) atoms. The maximum atomic E-state index is 5.45. The van der Waals surface area contributed by atoms with Gasteiger partial charge >= 0.3 is 0 Å². The summed E-state index contributed by atoms with van der Waals surface area (Å²) in [6.07, 6.45) is 0. The summed E-state index contributed by atoms with van der Waals surface area (Å²) in [5, 5.41) is 8.11. The lowest BCUT2D eigenvalue weighted by Crippen LogP contribution is -2.01. The molecule has 0 spiro atoms. The third kappa shape index (κ3) is 2.40. The fraction of sp³-hybridized carbons (Fsp3) is 0.0909. The molecule has 0 aliphatic rings. The number of rotatable bonds is 2. The number of nitrogens with zero attached hydrogens (tertiary/aromatic N) is 2. The minimum atomic E-state index is 0.424. The van der Waals surface area contributed by atoms with E-state index in [0.717, 1.165) is 21.4 Å². The van der Waals surface area contributed by atoms with Crippen molar-refractivity contribution < 1.29 is 0 Å². The molecule has 0 amide bonds. The second-order valence-corrected chi connectivity index (χ2v) is 4.04. The van der Waals surface area contributed by atoms with Crippen LogP contribution in [0, 0.1) is 0 Å². The van der Waals surface area contributed by atoms with Crippen LogP contribution in [0.1, 0.15) is 5.69 Å². The summed E-state index contributed by atoms with van der Waals surface area (Å²) >= 11 is 3.39. The molecule has 1 aromatic carbocycles. The molecule has 0 unspecified atom stereocenters. The smallest absolute Gasteiger partial charge is 0.0929 e. The summed E-state index contributed by atoms with van der Waals surface area (Å²) in [5.74, 6) is 0. The lowest BCUT2D eigenvalue weighted by Gasteiger charge is -2.00. The van der Waals surface area contributed by atoms with Crippen molar-refractivity contribution in [3.05, 3.63) is 46.6 Å². The number of aromatic nitrogens is 2. The predicted molar refractivity (Wildman–Crippen MR) is 63.1 cm³/mol. The molecule has 0 bridgehead atoms. The molecule has 0 radical (unpaired) electrons. The first-order chi connectivity index (χ1) is 7.29. The van der Waals surface area contributed by atoms with Crippen molar-refractivity contribution in [3.8, 4) is 11.3 Å². The average molecular weight is 264 g/mol. The van der Waals surface area contributed by atoms with Crippen LogP contribution in [0.2, 0.25) is 0 Å². The fourth-order valence-corrected chi connectivity index (χ4v) is 1.51. The highest BCUT2D eigenvalue weighted by molar-refractivity contribution is 9.10. The molecule has 0 saturated heterocycles. The normalized spacial score (nSPS) is 10.3. The van der Waals surface area contributed by atoms with Crippen LogP contribution in [0.15, 0.2) is 40.9 Å². The molecular weight excluding hydrogens is 254 g/mol. The van der Waals surface area contributed by atoms with Crippen LogP contribution in [0.4, 0.5) is 0 Å². The summed E-state index contributed by atoms with van der Waals surface area (Å²) in [5.41, 5.74) is 8.16. The highest BCUT2D eigenvalue weighted by Crippen LogP contribution is 2.19. The fourth-order valence-electron chi connectivity index (χ4n) is 1.24. The van der Waals surface area contributed by atoms with Gasteiger partial charge in [0.2, 0.25) is 0 Å². The Hall–Kier alpha value is -1.26. The molecule has 1 aromatic heterocycles. The van der Waals surface area contributed by atoms with Gasteiger partial charge < -0.3 is 5.73 Å². The lowest BCUT2D eigenvalue weighted by molar-refractivity contribution is 0.902. The SMILES string of the molecule is NCc1ccc(-c2ccc(Br)cc2)nn1. The van der Waals surface area contributed by atoms with Gasteiger partial charge in [-0.25, -0.2) is 0 Å². The molecule has 76 valence electrons. The topological polar surface area (TPSA) is 51.8 Å². The third-order valence-corrected chi connectivity index (χ3v) is 2.60. The summed E-state index contributed by atoms with van der Waals surface area (Å²) in [6.45, 7) is 0.424. The quantitative estimate of drug-likeness (QED) is 0.905. The molecule has 2 aromatic rings. The number of hydrogen-bond acceptors (Lipinski definition) is 3. The van der Waals surface area contributed by atoms with E-state index in [-0.39, 0.29) is 0 Å². The minimum Gasteiger partial charge on any atom is -0.325 e. The van der Waals surface area contributed by atoms with Crippen LogP contribution in [-0.2, 0) is 6.54 Å². The van der Waals surface area contributed by atoms with E-state index in [1.165, 1.54) is 0 Å². The Morgan fingerprint density at radius 2 is 1.73 bits per heavy atom. The molecule has 0 fully saturated rings. The van der Waals surface area contributed by atoms with Gasteiger partial charge in [-0.1, -0.05) is 28.1 Å². The Labute approximate surface area is 96.5 Å². The maximum Gasteiger partial charge on any atom is 0.0929 e. The van der Waals surface area contributed by atoms with E-state index in [1.807, 2.05) is 36.4 Å². The van der Waals surface area contributed by atoms with Gasteiger partial charge in [-0.2, -0.15) is 10.2 Å². The van der Waals surface area contributed by atoms with Crippen molar-refractivity contribution in [3.63, 3.8) is 0 Å². The van der Waals surface area contributed by atoms with Gasteiger partial charge in [0.15, 0.2) is 0 Å². The van der Waals surface area contributed by atoms with E-state index in [9.17, 15) is 0 Å². The van der Waals surface area contributed by atoms with Crippen LogP contribution < -0.4 is 5.73 Å². The van der Waals surface area contributed by atoms with Gasteiger partial charge in [-0.15, -0.1) is 0 Å². The molecule has 0 aliphatic carbocycles. The minimum absolute atomic E-state index is 0.424. The molecule has 1 heterocycles. The Kier molecular flexibility index (Phi) is 3.08. The van der Waals surface area contributed by atoms with E-state index in [0.29, 0.717) is 6.54 Å². The number of halogens is 1. The van der Waals surface area contributed by atoms with Gasteiger partial charge in [-0.05, 0) is 24.3 Å². The standard InChI is InChI=1S/C11H10BrN3/c12-9-3-1-8(2-4-9)11-6-5-10(7-13)14-15-11/h1-6H,7,13H2. The van der Waals surface area contributed by atoms with Crippen molar-refractivity contribution in [2.45, 2.75) is 6.54 Å². The summed E-state index contributed by atoms with van der Waals surface area (Å²) < 4.78 is 1.05. The lowest BCUT2D eigenvalue weighted by atomic mass is 10.1. The monoisotopic (exact) mass is 263 g/mol. The molecule has 0 aliphatic heterocycles. The first kappa shape index (κ1) is 10.3. The number of hydrogen-bond donors (Lipinski definition) is 1. The Morgan fingerprint density at radius 1 is 1.00 bits per heavy atom. The van der Waals surface area contributed by atoms with Crippen molar-refractivity contribution in [1.29, 1.82) is 0 Å². The maximum absolute atomic E-state index is 5.45. The second-order valence-electron chi connectivity index (χ2n) is 3.12. The summed E-state index contributed by atoms with van der Waals surface area (Å²) in [7, 11) is 0. The van der Waals surface area contributed by atoms with Crippen LogP contribution >= 0.6 is 15.9 Å². The van der Waals surface area contributed by atoms with E-state index < -0.39 is 0 Å². The highest BCUT2D eigenvalue weighted by Gasteiger charge is 1.99. The Bertz CT molecular complexity index is 436. The first-order valence-electron chi connectivity index (χ1n) is 4.58. The van der Waals surface area contributed by atoms with E-state index in [2.05, 4.69) is 26.1 Å².